The normalized spacial score (nSPS) is 11.1. The zero-order valence-electron chi connectivity index (χ0n) is 14.8. The smallest absolute Gasteiger partial charge is 0.305 e. The number of aromatic nitrogens is 3. The van der Waals surface area contributed by atoms with E-state index in [-0.39, 0.29) is 4.87 Å². The van der Waals surface area contributed by atoms with Gasteiger partial charge in [-0.15, -0.1) is 0 Å². The Labute approximate surface area is 160 Å². The Morgan fingerprint density at radius 3 is 2.78 bits per heavy atom. The van der Waals surface area contributed by atoms with Gasteiger partial charge in [0, 0.05) is 24.2 Å². The van der Waals surface area contributed by atoms with Crippen LogP contribution in [-0.2, 0) is 19.4 Å². The van der Waals surface area contributed by atoms with Crippen molar-refractivity contribution in [3.05, 3.63) is 99.3 Å². The SMILES string of the molecule is C=C(N)Cc1c(Cc2ccccc2)ncn1Cc1cccc2[nH]c(=O)sc12. The van der Waals surface area contributed by atoms with Crippen molar-refractivity contribution in [1.29, 1.82) is 0 Å². The first-order valence-electron chi connectivity index (χ1n) is 8.71. The fourth-order valence-electron chi connectivity index (χ4n) is 3.28. The van der Waals surface area contributed by atoms with Crippen molar-refractivity contribution in [2.75, 3.05) is 0 Å². The zero-order chi connectivity index (χ0) is 18.8. The summed E-state index contributed by atoms with van der Waals surface area (Å²) in [4.78, 5) is 19.2. The quantitative estimate of drug-likeness (QED) is 0.541. The van der Waals surface area contributed by atoms with Crippen LogP contribution >= 0.6 is 11.3 Å². The molecule has 0 radical (unpaired) electrons. The van der Waals surface area contributed by atoms with Gasteiger partial charge in [0.15, 0.2) is 0 Å². The summed E-state index contributed by atoms with van der Waals surface area (Å²) in [6.07, 6.45) is 3.17. The van der Waals surface area contributed by atoms with Gasteiger partial charge >= 0.3 is 4.87 Å². The number of rotatable bonds is 6. The molecule has 0 saturated heterocycles. The molecular weight excluding hydrogens is 356 g/mol. The molecule has 0 aliphatic rings. The largest absolute Gasteiger partial charge is 0.402 e. The summed E-state index contributed by atoms with van der Waals surface area (Å²) < 4.78 is 3.09. The predicted molar refractivity (Wildman–Crippen MR) is 110 cm³/mol. The molecule has 0 atom stereocenters. The fraction of sp³-hybridized carbons (Fsp3) is 0.143. The molecule has 4 aromatic rings. The van der Waals surface area contributed by atoms with E-state index < -0.39 is 0 Å². The minimum absolute atomic E-state index is 0.0385. The summed E-state index contributed by atoms with van der Waals surface area (Å²) in [5.41, 5.74) is 11.8. The Balaban J connectivity index is 1.71. The Kier molecular flexibility index (Phi) is 4.64. The van der Waals surface area contributed by atoms with Crippen LogP contribution in [0, 0.1) is 0 Å². The molecule has 0 bridgehead atoms. The van der Waals surface area contributed by atoms with Crippen LogP contribution in [0.25, 0.3) is 10.2 Å². The molecule has 27 heavy (non-hydrogen) atoms. The molecule has 6 heteroatoms. The van der Waals surface area contributed by atoms with E-state index in [0.717, 1.165) is 33.6 Å². The number of fused-ring (bicyclic) bond motifs is 1. The van der Waals surface area contributed by atoms with Gasteiger partial charge in [-0.05, 0) is 17.2 Å². The van der Waals surface area contributed by atoms with Crippen LogP contribution in [0.5, 0.6) is 0 Å². The summed E-state index contributed by atoms with van der Waals surface area (Å²) in [7, 11) is 0. The third-order valence-corrected chi connectivity index (χ3v) is 5.48. The number of hydrogen-bond donors (Lipinski definition) is 2. The van der Waals surface area contributed by atoms with E-state index in [1.165, 1.54) is 16.9 Å². The Morgan fingerprint density at radius 1 is 1.19 bits per heavy atom. The highest BCUT2D eigenvalue weighted by atomic mass is 32.1. The van der Waals surface area contributed by atoms with Crippen molar-refractivity contribution in [3.63, 3.8) is 0 Å². The Morgan fingerprint density at radius 2 is 2.00 bits per heavy atom. The lowest BCUT2D eigenvalue weighted by Gasteiger charge is -2.11. The predicted octanol–water partition coefficient (Wildman–Crippen LogP) is 3.44. The zero-order valence-corrected chi connectivity index (χ0v) is 15.6. The van der Waals surface area contributed by atoms with Crippen LogP contribution in [-0.4, -0.2) is 14.5 Å². The molecule has 0 aliphatic heterocycles. The van der Waals surface area contributed by atoms with Crippen LogP contribution in [0.1, 0.15) is 22.5 Å². The number of nitrogens with one attached hydrogen (secondary N) is 1. The first kappa shape index (κ1) is 17.3. The molecule has 0 saturated carbocycles. The van der Waals surface area contributed by atoms with Gasteiger partial charge in [0.25, 0.3) is 0 Å². The molecular formula is C21H20N4OS. The first-order chi connectivity index (χ1) is 13.1. The van der Waals surface area contributed by atoms with Crippen LogP contribution in [0.15, 0.2) is 71.9 Å². The second-order valence-corrected chi connectivity index (χ2v) is 7.55. The molecule has 0 spiro atoms. The topological polar surface area (TPSA) is 76.7 Å². The van der Waals surface area contributed by atoms with Crippen molar-refractivity contribution in [3.8, 4) is 0 Å². The molecule has 4 rings (SSSR count). The lowest BCUT2D eigenvalue weighted by molar-refractivity contribution is 0.750. The van der Waals surface area contributed by atoms with E-state index in [1.54, 1.807) is 0 Å². The van der Waals surface area contributed by atoms with E-state index >= 15 is 0 Å². The van der Waals surface area contributed by atoms with Gasteiger partial charge in [0.05, 0.1) is 28.8 Å². The number of nitrogens with zero attached hydrogens (tertiary/aromatic N) is 2. The van der Waals surface area contributed by atoms with Gasteiger partial charge < -0.3 is 15.3 Å². The van der Waals surface area contributed by atoms with Gasteiger partial charge in [-0.25, -0.2) is 4.98 Å². The fourth-order valence-corrected chi connectivity index (χ4v) is 4.12. The second-order valence-electron chi connectivity index (χ2n) is 6.57. The highest BCUT2D eigenvalue weighted by molar-refractivity contribution is 7.16. The number of aromatic amines is 1. The van der Waals surface area contributed by atoms with E-state index in [9.17, 15) is 4.79 Å². The third-order valence-electron chi connectivity index (χ3n) is 4.51. The molecule has 3 N–H and O–H groups in total. The molecule has 0 fully saturated rings. The number of imidazole rings is 1. The lowest BCUT2D eigenvalue weighted by atomic mass is 10.1. The van der Waals surface area contributed by atoms with Gasteiger partial charge in [0.2, 0.25) is 0 Å². The number of thiazole rings is 1. The summed E-state index contributed by atoms with van der Waals surface area (Å²) in [6.45, 7) is 4.51. The van der Waals surface area contributed by atoms with E-state index in [0.29, 0.717) is 18.7 Å². The van der Waals surface area contributed by atoms with Gasteiger partial charge in [-0.1, -0.05) is 60.4 Å². The van der Waals surface area contributed by atoms with Gasteiger partial charge in [-0.3, -0.25) is 4.79 Å². The van der Waals surface area contributed by atoms with Crippen LogP contribution < -0.4 is 10.6 Å². The molecule has 5 nitrogen and oxygen atoms in total. The molecule has 2 heterocycles. The highest BCUT2D eigenvalue weighted by Crippen LogP contribution is 2.23. The molecule has 2 aromatic carbocycles. The number of benzene rings is 2. The third kappa shape index (κ3) is 3.71. The van der Waals surface area contributed by atoms with Crippen molar-refractivity contribution >= 4 is 21.6 Å². The average Bonchev–Trinajstić information content (AvgIpc) is 3.20. The highest BCUT2D eigenvalue weighted by Gasteiger charge is 2.14. The monoisotopic (exact) mass is 376 g/mol. The summed E-state index contributed by atoms with van der Waals surface area (Å²) in [5, 5.41) is 0. The van der Waals surface area contributed by atoms with E-state index in [1.807, 2.05) is 42.7 Å². The average molecular weight is 376 g/mol. The molecule has 0 amide bonds. The maximum absolute atomic E-state index is 11.7. The summed E-state index contributed by atoms with van der Waals surface area (Å²) in [5.74, 6) is 0. The minimum atomic E-state index is -0.0385. The van der Waals surface area contributed by atoms with Crippen molar-refractivity contribution < 1.29 is 0 Å². The number of allylic oxidation sites excluding steroid dienone is 1. The molecule has 0 aliphatic carbocycles. The van der Waals surface area contributed by atoms with Gasteiger partial charge in [-0.2, -0.15) is 0 Å². The van der Waals surface area contributed by atoms with Crippen molar-refractivity contribution in [2.24, 2.45) is 5.73 Å². The van der Waals surface area contributed by atoms with Crippen LogP contribution in [0.4, 0.5) is 0 Å². The van der Waals surface area contributed by atoms with E-state index in [4.69, 9.17) is 5.73 Å². The van der Waals surface area contributed by atoms with Crippen molar-refractivity contribution in [2.45, 2.75) is 19.4 Å². The number of H-pyrrole nitrogens is 1. The maximum Gasteiger partial charge on any atom is 0.305 e. The molecule has 0 unspecified atom stereocenters. The first-order valence-corrected chi connectivity index (χ1v) is 9.52. The standard InChI is InChI=1S/C21H20N4OS/c1-14(22)10-19-18(11-15-6-3-2-4-7-15)23-13-25(19)12-16-8-5-9-17-20(16)27-21(26)24-17/h2-9,13H,1,10-12,22H2,(H,24,26). The number of nitrogens with two attached hydrogens (primary N) is 1. The number of hydrogen-bond acceptors (Lipinski definition) is 4. The van der Waals surface area contributed by atoms with E-state index in [2.05, 4.69) is 33.2 Å². The summed E-state index contributed by atoms with van der Waals surface area (Å²) >= 11 is 1.24. The molecule has 2 aromatic heterocycles. The maximum atomic E-state index is 11.7. The lowest BCUT2D eigenvalue weighted by Crippen LogP contribution is -2.09. The van der Waals surface area contributed by atoms with Crippen molar-refractivity contribution in [1.82, 2.24) is 14.5 Å². The van der Waals surface area contributed by atoms with Crippen LogP contribution in [0.2, 0.25) is 0 Å². The second kappa shape index (κ2) is 7.25. The Hall–Kier alpha value is -3.12. The van der Waals surface area contributed by atoms with Gasteiger partial charge in [0.1, 0.15) is 0 Å². The Bertz CT molecular complexity index is 1150. The minimum Gasteiger partial charge on any atom is -0.402 e. The molecule has 136 valence electrons. The summed E-state index contributed by atoms with van der Waals surface area (Å²) in [6, 6.07) is 16.2. The van der Waals surface area contributed by atoms with Crippen LogP contribution in [0.3, 0.4) is 0 Å².